The molecular formula is C21H26F3N5O3. The predicted molar refractivity (Wildman–Crippen MR) is 109 cm³/mol. The summed E-state index contributed by atoms with van der Waals surface area (Å²) >= 11 is 0. The van der Waals surface area contributed by atoms with Gasteiger partial charge in [-0.15, -0.1) is 0 Å². The third-order valence-corrected chi connectivity index (χ3v) is 5.41. The number of amides is 2. The van der Waals surface area contributed by atoms with E-state index in [9.17, 15) is 28.0 Å². The molecule has 1 aromatic rings. The number of alkyl halides is 3. The van der Waals surface area contributed by atoms with Crippen molar-refractivity contribution in [2.24, 2.45) is 5.92 Å². The number of nitrogens with one attached hydrogen (secondary N) is 1. The van der Waals surface area contributed by atoms with Crippen molar-refractivity contribution in [2.45, 2.75) is 51.4 Å². The summed E-state index contributed by atoms with van der Waals surface area (Å²) in [7, 11) is 0. The van der Waals surface area contributed by atoms with Gasteiger partial charge in [0, 0.05) is 44.3 Å². The predicted octanol–water partition coefficient (Wildman–Crippen LogP) is 2.92. The van der Waals surface area contributed by atoms with Gasteiger partial charge in [0.05, 0.1) is 11.1 Å². The van der Waals surface area contributed by atoms with Crippen LogP contribution in [0.5, 0.6) is 0 Å². The number of hydrogen-bond acceptors (Lipinski definition) is 6. The van der Waals surface area contributed by atoms with Gasteiger partial charge < -0.3 is 19.9 Å². The van der Waals surface area contributed by atoms with Gasteiger partial charge in [0.2, 0.25) is 5.91 Å². The Morgan fingerprint density at radius 3 is 2.34 bits per heavy atom. The molecule has 1 aromatic heterocycles. The number of hydrogen-bond donors (Lipinski definition) is 1. The number of carbonyl (C=O) groups excluding carboxylic acids is 2. The number of carbonyl (C=O) groups is 2. The van der Waals surface area contributed by atoms with Crippen LogP contribution in [0.1, 0.15) is 44.7 Å². The van der Waals surface area contributed by atoms with Crippen LogP contribution in [0.3, 0.4) is 0 Å². The van der Waals surface area contributed by atoms with Gasteiger partial charge in [-0.3, -0.25) is 4.79 Å². The second kappa shape index (κ2) is 8.84. The average Bonchev–Trinajstić information content (AvgIpc) is 2.67. The number of ether oxygens (including phenoxy) is 1. The van der Waals surface area contributed by atoms with Crippen LogP contribution in [-0.2, 0) is 15.7 Å². The van der Waals surface area contributed by atoms with E-state index in [-0.39, 0.29) is 29.2 Å². The van der Waals surface area contributed by atoms with Gasteiger partial charge in [-0.1, -0.05) is 0 Å². The molecule has 3 rings (SSSR count). The number of alkyl carbamates (subject to hydrolysis) is 1. The summed E-state index contributed by atoms with van der Waals surface area (Å²) in [5, 5.41) is 12.0. The first-order valence-corrected chi connectivity index (χ1v) is 10.4. The molecule has 0 spiro atoms. The second-order valence-corrected chi connectivity index (χ2v) is 9.03. The second-order valence-electron chi connectivity index (χ2n) is 9.03. The van der Waals surface area contributed by atoms with Crippen molar-refractivity contribution in [3.05, 3.63) is 23.4 Å². The molecular weight excluding hydrogens is 427 g/mol. The maximum Gasteiger partial charge on any atom is 0.417 e. The SMILES string of the molecule is CC(C)(C)OC(=O)NC1CC(C(=O)N2CCN(c3ncc(C(F)(F)F)cc3C#N)CC2)C1. The van der Waals surface area contributed by atoms with Crippen molar-refractivity contribution in [1.82, 2.24) is 15.2 Å². The van der Waals surface area contributed by atoms with Crippen molar-refractivity contribution in [1.29, 1.82) is 5.26 Å². The van der Waals surface area contributed by atoms with Crippen LogP contribution >= 0.6 is 0 Å². The number of anilines is 1. The maximum absolute atomic E-state index is 12.9. The number of rotatable bonds is 3. The monoisotopic (exact) mass is 453 g/mol. The summed E-state index contributed by atoms with van der Waals surface area (Å²) in [5.74, 6) is 0.00555. The van der Waals surface area contributed by atoms with E-state index >= 15 is 0 Å². The van der Waals surface area contributed by atoms with Crippen LogP contribution in [0, 0.1) is 17.2 Å². The summed E-state index contributed by atoms with van der Waals surface area (Å²) in [6.45, 7) is 6.83. The topological polar surface area (TPSA) is 98.6 Å². The first-order chi connectivity index (χ1) is 14.9. The van der Waals surface area contributed by atoms with E-state index < -0.39 is 23.4 Å². The number of pyridine rings is 1. The zero-order chi connectivity index (χ0) is 23.7. The zero-order valence-corrected chi connectivity index (χ0v) is 18.2. The fourth-order valence-electron chi connectivity index (χ4n) is 3.76. The molecule has 1 N–H and O–H groups in total. The van der Waals surface area contributed by atoms with Crippen molar-refractivity contribution in [2.75, 3.05) is 31.1 Å². The highest BCUT2D eigenvalue weighted by Gasteiger charge is 2.39. The first kappa shape index (κ1) is 23.6. The average molecular weight is 453 g/mol. The largest absolute Gasteiger partial charge is 0.444 e. The third-order valence-electron chi connectivity index (χ3n) is 5.41. The molecule has 0 unspecified atom stereocenters. The Kier molecular flexibility index (Phi) is 6.53. The summed E-state index contributed by atoms with van der Waals surface area (Å²) < 4.78 is 43.8. The smallest absolute Gasteiger partial charge is 0.417 e. The Morgan fingerprint density at radius 2 is 1.81 bits per heavy atom. The number of nitriles is 1. The first-order valence-electron chi connectivity index (χ1n) is 10.4. The van der Waals surface area contributed by atoms with Crippen molar-refractivity contribution in [3.8, 4) is 6.07 Å². The Bertz CT molecular complexity index is 909. The van der Waals surface area contributed by atoms with Gasteiger partial charge in [-0.25, -0.2) is 9.78 Å². The van der Waals surface area contributed by atoms with Gasteiger partial charge in [-0.05, 0) is 39.7 Å². The molecule has 0 atom stereocenters. The molecule has 1 aliphatic carbocycles. The highest BCUT2D eigenvalue weighted by molar-refractivity contribution is 5.80. The number of piperazine rings is 1. The molecule has 11 heteroatoms. The summed E-state index contributed by atoms with van der Waals surface area (Å²) in [6.07, 6.45) is -3.27. The molecule has 0 aromatic carbocycles. The minimum Gasteiger partial charge on any atom is -0.444 e. The number of halogens is 3. The number of nitrogens with zero attached hydrogens (tertiary/aromatic N) is 4. The van der Waals surface area contributed by atoms with Gasteiger partial charge >= 0.3 is 12.3 Å². The molecule has 1 aliphatic heterocycles. The van der Waals surface area contributed by atoms with E-state index in [1.807, 2.05) is 0 Å². The fraction of sp³-hybridized carbons (Fsp3) is 0.619. The van der Waals surface area contributed by atoms with E-state index in [0.717, 1.165) is 12.3 Å². The highest BCUT2D eigenvalue weighted by atomic mass is 19.4. The van der Waals surface area contributed by atoms with Crippen molar-refractivity contribution < 1.29 is 27.5 Å². The molecule has 0 radical (unpaired) electrons. The normalized spacial score (nSPS) is 21.4. The van der Waals surface area contributed by atoms with Gasteiger partial charge in [-0.2, -0.15) is 18.4 Å². The van der Waals surface area contributed by atoms with E-state index in [1.165, 1.54) is 0 Å². The summed E-state index contributed by atoms with van der Waals surface area (Å²) in [6, 6.07) is 2.48. The number of aromatic nitrogens is 1. The summed E-state index contributed by atoms with van der Waals surface area (Å²) in [4.78, 5) is 31.8. The maximum atomic E-state index is 12.9. The molecule has 8 nitrogen and oxygen atoms in total. The minimum absolute atomic E-state index is 0.00669. The highest BCUT2D eigenvalue weighted by Crippen LogP contribution is 2.32. The van der Waals surface area contributed by atoms with E-state index in [4.69, 9.17) is 4.74 Å². The molecule has 2 amide bonds. The molecule has 1 saturated carbocycles. The molecule has 174 valence electrons. The van der Waals surface area contributed by atoms with Crippen LogP contribution in [0.25, 0.3) is 0 Å². The minimum atomic E-state index is -4.57. The Morgan fingerprint density at radius 1 is 1.19 bits per heavy atom. The quantitative estimate of drug-likeness (QED) is 0.756. The lowest BCUT2D eigenvalue weighted by atomic mass is 9.79. The lowest BCUT2D eigenvalue weighted by Gasteiger charge is -2.41. The van der Waals surface area contributed by atoms with Crippen molar-refractivity contribution in [3.63, 3.8) is 0 Å². The lowest BCUT2D eigenvalue weighted by Crippen LogP contribution is -2.55. The van der Waals surface area contributed by atoms with Gasteiger partial charge in [0.15, 0.2) is 0 Å². The fourth-order valence-corrected chi connectivity index (χ4v) is 3.76. The molecule has 2 aliphatic rings. The Hall–Kier alpha value is -3.03. The molecule has 32 heavy (non-hydrogen) atoms. The van der Waals surface area contributed by atoms with Gasteiger partial charge in [0.25, 0.3) is 0 Å². The molecule has 2 fully saturated rings. The van der Waals surface area contributed by atoms with Crippen LogP contribution in [0.2, 0.25) is 0 Å². The van der Waals surface area contributed by atoms with Crippen LogP contribution in [0.15, 0.2) is 12.3 Å². The zero-order valence-electron chi connectivity index (χ0n) is 18.2. The third kappa shape index (κ3) is 5.60. The van der Waals surface area contributed by atoms with E-state index in [1.54, 1.807) is 36.6 Å². The Labute approximate surface area is 184 Å². The standard InChI is InChI=1S/C21H26F3N5O3/c1-20(2,3)32-19(31)27-16-9-13(10-16)18(30)29-6-4-28(5-7-29)17-14(11-25)8-15(12-26-17)21(22,23)24/h8,12-13,16H,4-7,9-10H2,1-3H3,(H,27,31). The Balaban J connectivity index is 1.50. The van der Waals surface area contributed by atoms with Crippen molar-refractivity contribution >= 4 is 17.8 Å². The molecule has 0 bridgehead atoms. The van der Waals surface area contributed by atoms with E-state index in [2.05, 4.69) is 10.3 Å². The summed E-state index contributed by atoms with van der Waals surface area (Å²) in [5.41, 5.74) is -1.70. The van der Waals surface area contributed by atoms with E-state index in [0.29, 0.717) is 39.0 Å². The van der Waals surface area contributed by atoms with Gasteiger partial charge in [0.1, 0.15) is 17.5 Å². The van der Waals surface area contributed by atoms with Crippen LogP contribution in [0.4, 0.5) is 23.8 Å². The van der Waals surface area contributed by atoms with Crippen LogP contribution < -0.4 is 10.2 Å². The molecule has 1 saturated heterocycles. The lowest BCUT2D eigenvalue weighted by molar-refractivity contribution is -0.139. The molecule has 2 heterocycles. The van der Waals surface area contributed by atoms with Crippen LogP contribution in [-0.4, -0.2) is 59.7 Å².